The Hall–Kier alpha value is -1.26. The lowest BCUT2D eigenvalue weighted by atomic mass is 10.2. The quantitative estimate of drug-likeness (QED) is 0.922. The summed E-state index contributed by atoms with van der Waals surface area (Å²) in [6.07, 6.45) is 0. The van der Waals surface area contributed by atoms with Crippen LogP contribution in [0.25, 0.3) is 10.6 Å². The van der Waals surface area contributed by atoms with Crippen LogP contribution in [0.15, 0.2) is 12.1 Å². The average Bonchev–Trinajstić information content (AvgIpc) is 2.70. The maximum absolute atomic E-state index is 4.72. The molecular formula is C15H21N3S. The van der Waals surface area contributed by atoms with E-state index >= 15 is 0 Å². The molecule has 2 aromatic rings. The van der Waals surface area contributed by atoms with Crippen molar-refractivity contribution in [3.05, 3.63) is 34.1 Å². The van der Waals surface area contributed by atoms with Crippen LogP contribution in [0.5, 0.6) is 0 Å². The molecule has 2 rings (SSSR count). The van der Waals surface area contributed by atoms with Gasteiger partial charge in [-0.25, -0.2) is 4.98 Å². The van der Waals surface area contributed by atoms with Gasteiger partial charge in [0.1, 0.15) is 5.01 Å². The molecule has 2 heterocycles. The summed E-state index contributed by atoms with van der Waals surface area (Å²) in [5.41, 5.74) is 4.39. The highest BCUT2D eigenvalue weighted by Gasteiger charge is 2.14. The van der Waals surface area contributed by atoms with Gasteiger partial charge in [0, 0.05) is 27.9 Å². The SMILES string of the molecule is CCNC(C)c1sc(-c2cc(C)nc(C)c2)nc1C. The van der Waals surface area contributed by atoms with Gasteiger partial charge in [-0.3, -0.25) is 4.98 Å². The van der Waals surface area contributed by atoms with Crippen molar-refractivity contribution in [3.63, 3.8) is 0 Å². The van der Waals surface area contributed by atoms with Gasteiger partial charge in [0.15, 0.2) is 0 Å². The molecule has 0 amide bonds. The van der Waals surface area contributed by atoms with Crippen molar-refractivity contribution in [3.8, 4) is 10.6 Å². The monoisotopic (exact) mass is 275 g/mol. The molecule has 3 nitrogen and oxygen atoms in total. The summed E-state index contributed by atoms with van der Waals surface area (Å²) in [7, 11) is 0. The van der Waals surface area contributed by atoms with Gasteiger partial charge >= 0.3 is 0 Å². The second-order valence-corrected chi connectivity index (χ2v) is 5.92. The molecule has 102 valence electrons. The van der Waals surface area contributed by atoms with E-state index in [0.29, 0.717) is 6.04 Å². The second-order valence-electron chi connectivity index (χ2n) is 4.89. The zero-order valence-electron chi connectivity index (χ0n) is 12.2. The smallest absolute Gasteiger partial charge is 0.124 e. The number of rotatable bonds is 4. The summed E-state index contributed by atoms with van der Waals surface area (Å²) in [5.74, 6) is 0. The highest BCUT2D eigenvalue weighted by atomic mass is 32.1. The molecule has 0 saturated carbocycles. The molecular weight excluding hydrogens is 254 g/mol. The van der Waals surface area contributed by atoms with Gasteiger partial charge in [0.25, 0.3) is 0 Å². The van der Waals surface area contributed by atoms with Crippen molar-refractivity contribution in [1.29, 1.82) is 0 Å². The van der Waals surface area contributed by atoms with Crippen LogP contribution >= 0.6 is 11.3 Å². The van der Waals surface area contributed by atoms with Gasteiger partial charge in [-0.1, -0.05) is 6.92 Å². The first kappa shape index (κ1) is 14.2. The normalized spacial score (nSPS) is 12.7. The molecule has 0 radical (unpaired) electrons. The Bertz CT molecular complexity index is 555. The predicted molar refractivity (Wildman–Crippen MR) is 81.6 cm³/mol. The van der Waals surface area contributed by atoms with Crippen LogP contribution in [0.4, 0.5) is 0 Å². The maximum Gasteiger partial charge on any atom is 0.124 e. The molecule has 2 aromatic heterocycles. The van der Waals surface area contributed by atoms with E-state index in [1.165, 1.54) is 10.4 Å². The first-order valence-corrected chi connectivity index (χ1v) is 7.49. The van der Waals surface area contributed by atoms with Crippen molar-refractivity contribution in [2.24, 2.45) is 0 Å². The summed E-state index contributed by atoms with van der Waals surface area (Å²) >= 11 is 1.78. The Morgan fingerprint density at radius 3 is 2.37 bits per heavy atom. The summed E-state index contributed by atoms with van der Waals surface area (Å²) in [5, 5.41) is 4.54. The van der Waals surface area contributed by atoms with E-state index in [0.717, 1.165) is 28.6 Å². The standard InChI is InChI=1S/C15H21N3S/c1-6-16-11(4)14-12(5)18-15(19-14)13-7-9(2)17-10(3)8-13/h7-8,11,16H,6H2,1-5H3. The van der Waals surface area contributed by atoms with E-state index in [-0.39, 0.29) is 0 Å². The Balaban J connectivity index is 2.38. The molecule has 0 bridgehead atoms. The van der Waals surface area contributed by atoms with Gasteiger partial charge in [0.05, 0.1) is 5.69 Å². The number of pyridine rings is 1. The lowest BCUT2D eigenvalue weighted by Gasteiger charge is -2.09. The number of thiazole rings is 1. The summed E-state index contributed by atoms with van der Waals surface area (Å²) in [4.78, 5) is 10.5. The third-order valence-corrected chi connectivity index (χ3v) is 4.45. The third-order valence-electron chi connectivity index (χ3n) is 3.06. The maximum atomic E-state index is 4.72. The van der Waals surface area contributed by atoms with Crippen molar-refractivity contribution in [1.82, 2.24) is 15.3 Å². The highest BCUT2D eigenvalue weighted by Crippen LogP contribution is 2.32. The molecule has 4 heteroatoms. The zero-order chi connectivity index (χ0) is 14.0. The van der Waals surface area contributed by atoms with Crippen LogP contribution in [-0.4, -0.2) is 16.5 Å². The van der Waals surface area contributed by atoms with Crippen LogP contribution in [0.3, 0.4) is 0 Å². The highest BCUT2D eigenvalue weighted by molar-refractivity contribution is 7.15. The predicted octanol–water partition coefficient (Wildman–Crippen LogP) is 3.80. The minimum Gasteiger partial charge on any atom is -0.310 e. The Morgan fingerprint density at radius 1 is 1.16 bits per heavy atom. The fraction of sp³-hybridized carbons (Fsp3) is 0.467. The van der Waals surface area contributed by atoms with Crippen LogP contribution in [0.2, 0.25) is 0 Å². The summed E-state index contributed by atoms with van der Waals surface area (Å²) in [6, 6.07) is 4.57. The number of nitrogens with one attached hydrogen (secondary N) is 1. The molecule has 0 aliphatic heterocycles. The van der Waals surface area contributed by atoms with E-state index < -0.39 is 0 Å². The fourth-order valence-electron chi connectivity index (χ4n) is 2.29. The Labute approximate surface area is 119 Å². The second kappa shape index (κ2) is 5.80. The first-order valence-electron chi connectivity index (χ1n) is 6.67. The van der Waals surface area contributed by atoms with Gasteiger partial charge in [-0.05, 0) is 46.4 Å². The van der Waals surface area contributed by atoms with Crippen molar-refractivity contribution in [2.75, 3.05) is 6.54 Å². The summed E-state index contributed by atoms with van der Waals surface area (Å²) < 4.78 is 0. The molecule has 1 unspecified atom stereocenters. The molecule has 19 heavy (non-hydrogen) atoms. The van der Waals surface area contributed by atoms with E-state index in [4.69, 9.17) is 4.98 Å². The molecule has 1 atom stereocenters. The number of hydrogen-bond donors (Lipinski definition) is 1. The van der Waals surface area contributed by atoms with E-state index in [1.54, 1.807) is 11.3 Å². The molecule has 1 N–H and O–H groups in total. The molecule has 0 spiro atoms. The average molecular weight is 275 g/mol. The largest absolute Gasteiger partial charge is 0.310 e. The van der Waals surface area contributed by atoms with Gasteiger partial charge in [-0.2, -0.15) is 0 Å². The van der Waals surface area contributed by atoms with E-state index in [9.17, 15) is 0 Å². The van der Waals surface area contributed by atoms with Crippen LogP contribution < -0.4 is 5.32 Å². The van der Waals surface area contributed by atoms with E-state index in [1.807, 2.05) is 13.8 Å². The topological polar surface area (TPSA) is 37.8 Å². The molecule has 0 aliphatic carbocycles. The van der Waals surface area contributed by atoms with Gasteiger partial charge in [0.2, 0.25) is 0 Å². The number of aryl methyl sites for hydroxylation is 3. The lowest BCUT2D eigenvalue weighted by molar-refractivity contribution is 0.603. The minimum atomic E-state index is 0.361. The lowest BCUT2D eigenvalue weighted by Crippen LogP contribution is -2.17. The number of aromatic nitrogens is 2. The molecule has 0 saturated heterocycles. The van der Waals surface area contributed by atoms with Gasteiger partial charge in [-0.15, -0.1) is 11.3 Å². The Kier molecular flexibility index (Phi) is 4.32. The number of nitrogens with zero attached hydrogens (tertiary/aromatic N) is 2. The van der Waals surface area contributed by atoms with E-state index in [2.05, 4.69) is 43.2 Å². The number of hydrogen-bond acceptors (Lipinski definition) is 4. The molecule has 0 fully saturated rings. The van der Waals surface area contributed by atoms with Crippen LogP contribution in [0.1, 0.15) is 41.8 Å². The van der Waals surface area contributed by atoms with Crippen molar-refractivity contribution < 1.29 is 0 Å². The van der Waals surface area contributed by atoms with Crippen molar-refractivity contribution >= 4 is 11.3 Å². The Morgan fingerprint density at radius 2 is 1.79 bits per heavy atom. The third kappa shape index (κ3) is 3.19. The summed E-state index contributed by atoms with van der Waals surface area (Å²) in [6.45, 7) is 11.4. The minimum absolute atomic E-state index is 0.361. The van der Waals surface area contributed by atoms with Gasteiger partial charge < -0.3 is 5.32 Å². The van der Waals surface area contributed by atoms with Crippen LogP contribution in [-0.2, 0) is 0 Å². The first-order chi connectivity index (χ1) is 9.01. The fourth-order valence-corrected chi connectivity index (χ4v) is 3.37. The molecule has 0 aromatic carbocycles. The zero-order valence-corrected chi connectivity index (χ0v) is 13.1. The van der Waals surface area contributed by atoms with Crippen LogP contribution in [0, 0.1) is 20.8 Å². The van der Waals surface area contributed by atoms with Crippen molar-refractivity contribution in [2.45, 2.75) is 40.7 Å². The molecule has 0 aliphatic rings.